The molecular weight excluding hydrogens is 322 g/mol. The molecule has 0 bridgehead atoms. The summed E-state index contributed by atoms with van der Waals surface area (Å²) in [6, 6.07) is 7.53. The molecule has 2 N–H and O–H groups in total. The van der Waals surface area contributed by atoms with Crippen LogP contribution in [0.4, 0.5) is 0 Å². The number of carboxylic acids is 1. The third-order valence-corrected chi connectivity index (χ3v) is 4.44. The molecule has 1 aromatic carbocycles. The molecule has 132 valence electrons. The summed E-state index contributed by atoms with van der Waals surface area (Å²) in [7, 11) is 1.61. The Hall–Kier alpha value is -2.76. The average Bonchev–Trinajstić information content (AvgIpc) is 3.36. The summed E-state index contributed by atoms with van der Waals surface area (Å²) in [4.78, 5) is 23.8. The van der Waals surface area contributed by atoms with Crippen molar-refractivity contribution in [2.24, 2.45) is 5.92 Å². The van der Waals surface area contributed by atoms with Crippen LogP contribution in [0.2, 0.25) is 0 Å². The number of carbonyl (C=O) groups excluding carboxylic acids is 1. The van der Waals surface area contributed by atoms with Gasteiger partial charge >= 0.3 is 5.97 Å². The van der Waals surface area contributed by atoms with Gasteiger partial charge in [-0.2, -0.15) is 0 Å². The van der Waals surface area contributed by atoms with Gasteiger partial charge in [-0.1, -0.05) is 12.1 Å². The standard InChI is InChI=1S/C19H21NO5/c1-11-10-25-15(9-16(21)22)17(11)19(23)20-18(12-3-4-12)13-5-7-14(24-2)8-6-13/h5-8,10,12,18H,3-4,9H2,1-2H3,(H,20,23)(H,21,22). The first-order valence-corrected chi connectivity index (χ1v) is 8.23. The molecule has 1 saturated carbocycles. The van der Waals surface area contributed by atoms with Gasteiger partial charge in [0.15, 0.2) is 0 Å². The summed E-state index contributed by atoms with van der Waals surface area (Å²) >= 11 is 0. The molecule has 1 amide bonds. The van der Waals surface area contributed by atoms with Crippen molar-refractivity contribution in [2.75, 3.05) is 7.11 Å². The predicted octanol–water partition coefficient (Wildman–Crippen LogP) is 3.10. The number of aryl methyl sites for hydroxylation is 1. The molecule has 1 heterocycles. The number of benzene rings is 1. The topological polar surface area (TPSA) is 88.8 Å². The monoisotopic (exact) mass is 343 g/mol. The fourth-order valence-corrected chi connectivity index (χ4v) is 3.00. The first-order chi connectivity index (χ1) is 12.0. The molecule has 0 radical (unpaired) electrons. The van der Waals surface area contributed by atoms with Crippen molar-refractivity contribution < 1.29 is 23.8 Å². The van der Waals surface area contributed by atoms with E-state index in [0.717, 1.165) is 24.2 Å². The van der Waals surface area contributed by atoms with E-state index in [1.54, 1.807) is 14.0 Å². The van der Waals surface area contributed by atoms with E-state index in [1.165, 1.54) is 6.26 Å². The van der Waals surface area contributed by atoms with Gasteiger partial charge in [0.05, 0.1) is 25.0 Å². The molecule has 1 aromatic heterocycles. The Balaban J connectivity index is 1.82. The smallest absolute Gasteiger partial charge is 0.311 e. The summed E-state index contributed by atoms with van der Waals surface area (Å²) in [5, 5.41) is 12.0. The minimum Gasteiger partial charge on any atom is -0.497 e. The zero-order chi connectivity index (χ0) is 18.0. The third-order valence-electron chi connectivity index (χ3n) is 4.44. The predicted molar refractivity (Wildman–Crippen MR) is 90.7 cm³/mol. The number of hydrogen-bond donors (Lipinski definition) is 2. The minimum atomic E-state index is -1.03. The van der Waals surface area contributed by atoms with E-state index in [9.17, 15) is 9.59 Å². The summed E-state index contributed by atoms with van der Waals surface area (Å²) in [6.07, 6.45) is 3.23. The highest BCUT2D eigenvalue weighted by Gasteiger charge is 2.34. The molecule has 3 rings (SSSR count). The van der Waals surface area contributed by atoms with Crippen LogP contribution in [0.1, 0.15) is 46.1 Å². The zero-order valence-electron chi connectivity index (χ0n) is 14.2. The summed E-state index contributed by atoms with van der Waals surface area (Å²) in [5.74, 6) is 0.0193. The van der Waals surface area contributed by atoms with Crippen molar-refractivity contribution >= 4 is 11.9 Å². The SMILES string of the molecule is COc1ccc(C(NC(=O)c2c(C)coc2CC(=O)O)C2CC2)cc1. The fraction of sp³-hybridized carbons (Fsp3) is 0.368. The summed E-state index contributed by atoms with van der Waals surface area (Å²) in [5.41, 5.74) is 1.97. The molecule has 25 heavy (non-hydrogen) atoms. The molecule has 1 aliphatic carbocycles. The van der Waals surface area contributed by atoms with Crippen molar-refractivity contribution in [3.8, 4) is 5.75 Å². The van der Waals surface area contributed by atoms with Crippen LogP contribution in [0.5, 0.6) is 5.75 Å². The van der Waals surface area contributed by atoms with Crippen LogP contribution < -0.4 is 10.1 Å². The molecule has 0 aliphatic heterocycles. The average molecular weight is 343 g/mol. The second-order valence-corrected chi connectivity index (χ2v) is 6.35. The number of rotatable bonds is 7. The molecule has 1 fully saturated rings. The Labute approximate surface area is 145 Å². The molecule has 2 aromatic rings. The van der Waals surface area contributed by atoms with Crippen molar-refractivity contribution in [1.82, 2.24) is 5.32 Å². The molecule has 1 aliphatic rings. The van der Waals surface area contributed by atoms with Crippen LogP contribution in [0.25, 0.3) is 0 Å². The lowest BCUT2D eigenvalue weighted by Crippen LogP contribution is -2.30. The normalized spacial score (nSPS) is 14.8. The van der Waals surface area contributed by atoms with E-state index in [4.69, 9.17) is 14.3 Å². The number of amides is 1. The Morgan fingerprint density at radius 3 is 2.56 bits per heavy atom. The van der Waals surface area contributed by atoms with E-state index in [0.29, 0.717) is 17.0 Å². The first kappa shape index (κ1) is 17.1. The lowest BCUT2D eigenvalue weighted by Gasteiger charge is -2.19. The summed E-state index contributed by atoms with van der Waals surface area (Å²) in [6.45, 7) is 1.74. The highest BCUT2D eigenvalue weighted by atomic mass is 16.5. The van der Waals surface area contributed by atoms with Crippen molar-refractivity contribution in [3.63, 3.8) is 0 Å². The fourth-order valence-electron chi connectivity index (χ4n) is 3.00. The number of hydrogen-bond acceptors (Lipinski definition) is 4. The number of nitrogens with one attached hydrogen (secondary N) is 1. The van der Waals surface area contributed by atoms with E-state index < -0.39 is 5.97 Å². The number of carboxylic acid groups (broad SMARTS) is 1. The molecule has 0 spiro atoms. The van der Waals surface area contributed by atoms with Crippen LogP contribution >= 0.6 is 0 Å². The number of aliphatic carboxylic acids is 1. The summed E-state index contributed by atoms with van der Waals surface area (Å²) < 4.78 is 10.4. The van der Waals surface area contributed by atoms with Gasteiger partial charge in [0, 0.05) is 5.56 Å². The van der Waals surface area contributed by atoms with E-state index >= 15 is 0 Å². The van der Waals surface area contributed by atoms with Gasteiger partial charge in [0.25, 0.3) is 5.91 Å². The van der Waals surface area contributed by atoms with Crippen LogP contribution in [-0.2, 0) is 11.2 Å². The Morgan fingerprint density at radius 1 is 1.32 bits per heavy atom. The van der Waals surface area contributed by atoms with E-state index in [-0.39, 0.29) is 24.1 Å². The molecule has 0 saturated heterocycles. The van der Waals surface area contributed by atoms with Crippen LogP contribution in [-0.4, -0.2) is 24.1 Å². The Bertz CT molecular complexity index is 774. The number of carbonyl (C=O) groups is 2. The third kappa shape index (κ3) is 3.84. The second-order valence-electron chi connectivity index (χ2n) is 6.35. The van der Waals surface area contributed by atoms with E-state index in [2.05, 4.69) is 5.32 Å². The van der Waals surface area contributed by atoms with Gasteiger partial charge in [-0.3, -0.25) is 9.59 Å². The van der Waals surface area contributed by atoms with Gasteiger partial charge in [-0.25, -0.2) is 0 Å². The van der Waals surface area contributed by atoms with Gasteiger partial charge in [-0.15, -0.1) is 0 Å². The van der Waals surface area contributed by atoms with Crippen molar-refractivity contribution in [1.29, 1.82) is 0 Å². The number of ether oxygens (including phenoxy) is 1. The quantitative estimate of drug-likeness (QED) is 0.806. The number of furan rings is 1. The van der Waals surface area contributed by atoms with E-state index in [1.807, 2.05) is 24.3 Å². The maximum Gasteiger partial charge on any atom is 0.311 e. The number of methoxy groups -OCH3 is 1. The maximum atomic E-state index is 12.8. The van der Waals surface area contributed by atoms with Gasteiger partial charge in [0.1, 0.15) is 17.9 Å². The van der Waals surface area contributed by atoms with Gasteiger partial charge < -0.3 is 19.6 Å². The molecule has 1 atom stereocenters. The van der Waals surface area contributed by atoms with Crippen LogP contribution in [0, 0.1) is 12.8 Å². The van der Waals surface area contributed by atoms with Crippen LogP contribution in [0.15, 0.2) is 34.9 Å². The highest BCUT2D eigenvalue weighted by Crippen LogP contribution is 2.41. The maximum absolute atomic E-state index is 12.8. The lowest BCUT2D eigenvalue weighted by molar-refractivity contribution is -0.136. The van der Waals surface area contributed by atoms with Gasteiger partial charge in [0.2, 0.25) is 0 Å². The largest absolute Gasteiger partial charge is 0.497 e. The zero-order valence-corrected chi connectivity index (χ0v) is 14.2. The van der Waals surface area contributed by atoms with Crippen LogP contribution in [0.3, 0.4) is 0 Å². The second kappa shape index (κ2) is 7.01. The van der Waals surface area contributed by atoms with Crippen molar-refractivity contribution in [2.45, 2.75) is 32.2 Å². The minimum absolute atomic E-state index is 0.106. The molecular formula is C19H21NO5. The Kier molecular flexibility index (Phi) is 4.79. The molecule has 6 nitrogen and oxygen atoms in total. The highest BCUT2D eigenvalue weighted by molar-refractivity contribution is 5.97. The lowest BCUT2D eigenvalue weighted by atomic mass is 10.0. The van der Waals surface area contributed by atoms with Crippen molar-refractivity contribution in [3.05, 3.63) is 53.0 Å². The Morgan fingerprint density at radius 2 is 2.00 bits per heavy atom. The van der Waals surface area contributed by atoms with Gasteiger partial charge in [-0.05, 0) is 43.4 Å². The molecule has 6 heteroatoms. The first-order valence-electron chi connectivity index (χ1n) is 8.23. The molecule has 1 unspecified atom stereocenters.